The Kier molecular flexibility index (Phi) is 8.29. The summed E-state index contributed by atoms with van der Waals surface area (Å²) in [4.78, 5) is 0.319. The maximum atomic E-state index is 5.12. The van der Waals surface area contributed by atoms with Crippen LogP contribution in [0.3, 0.4) is 0 Å². The molecule has 0 spiro atoms. The summed E-state index contributed by atoms with van der Waals surface area (Å²) in [7, 11) is 3.34. The molecule has 74 valence electrons. The fraction of sp³-hybridized carbons (Fsp3) is 1.00. The standard InChI is InChI=1S/C9H19BrO2/c1-4-5-6-7-8(10)9(11-2)12-3/h8-9H,4-7H2,1-3H3. The molecule has 1 atom stereocenters. The van der Waals surface area contributed by atoms with Crippen LogP contribution in [0.1, 0.15) is 32.6 Å². The summed E-state index contributed by atoms with van der Waals surface area (Å²) in [6.45, 7) is 2.20. The summed E-state index contributed by atoms with van der Waals surface area (Å²) in [5, 5.41) is 0. The Labute approximate surface area is 83.8 Å². The Morgan fingerprint density at radius 1 is 1.17 bits per heavy atom. The van der Waals surface area contributed by atoms with Gasteiger partial charge in [-0.1, -0.05) is 42.1 Å². The molecule has 0 heterocycles. The first-order valence-electron chi connectivity index (χ1n) is 4.45. The molecule has 0 saturated heterocycles. The van der Waals surface area contributed by atoms with Gasteiger partial charge in [-0.25, -0.2) is 0 Å². The van der Waals surface area contributed by atoms with Gasteiger partial charge in [0.25, 0.3) is 0 Å². The average Bonchev–Trinajstić information content (AvgIpc) is 2.07. The quantitative estimate of drug-likeness (QED) is 0.386. The highest BCUT2D eigenvalue weighted by Gasteiger charge is 2.16. The number of methoxy groups -OCH3 is 2. The summed E-state index contributed by atoms with van der Waals surface area (Å²) < 4.78 is 10.2. The van der Waals surface area contributed by atoms with E-state index in [1.54, 1.807) is 14.2 Å². The second-order valence-corrected chi connectivity index (χ2v) is 4.03. The molecule has 0 bridgehead atoms. The zero-order valence-corrected chi connectivity index (χ0v) is 9.76. The van der Waals surface area contributed by atoms with Gasteiger partial charge >= 0.3 is 0 Å². The third-order valence-corrected chi connectivity index (χ3v) is 2.73. The molecule has 0 saturated carbocycles. The van der Waals surface area contributed by atoms with Crippen LogP contribution in [0.4, 0.5) is 0 Å². The maximum absolute atomic E-state index is 5.12. The molecule has 0 aromatic rings. The molecule has 3 heteroatoms. The topological polar surface area (TPSA) is 18.5 Å². The highest BCUT2D eigenvalue weighted by Crippen LogP contribution is 2.17. The van der Waals surface area contributed by atoms with Crippen molar-refractivity contribution in [1.29, 1.82) is 0 Å². The van der Waals surface area contributed by atoms with Crippen molar-refractivity contribution in [3.63, 3.8) is 0 Å². The van der Waals surface area contributed by atoms with E-state index in [0.29, 0.717) is 4.83 Å². The summed E-state index contributed by atoms with van der Waals surface area (Å²) in [6.07, 6.45) is 4.77. The normalized spacial score (nSPS) is 13.8. The Morgan fingerprint density at radius 2 is 1.75 bits per heavy atom. The smallest absolute Gasteiger partial charge is 0.169 e. The molecular weight excluding hydrogens is 220 g/mol. The van der Waals surface area contributed by atoms with Crippen LogP contribution in [0.2, 0.25) is 0 Å². The van der Waals surface area contributed by atoms with E-state index < -0.39 is 0 Å². The summed E-state index contributed by atoms with van der Waals surface area (Å²) in [5.74, 6) is 0. The van der Waals surface area contributed by atoms with Gasteiger partial charge in [-0.15, -0.1) is 0 Å². The molecule has 0 N–H and O–H groups in total. The first kappa shape index (κ1) is 12.4. The zero-order chi connectivity index (χ0) is 9.40. The maximum Gasteiger partial charge on any atom is 0.169 e. The summed E-state index contributed by atoms with van der Waals surface area (Å²) in [5.41, 5.74) is 0. The van der Waals surface area contributed by atoms with Gasteiger partial charge in [0.2, 0.25) is 0 Å². The number of rotatable bonds is 7. The molecule has 0 aliphatic rings. The lowest BCUT2D eigenvalue weighted by Gasteiger charge is -2.19. The first-order valence-corrected chi connectivity index (χ1v) is 5.37. The first-order chi connectivity index (χ1) is 5.76. The van der Waals surface area contributed by atoms with Crippen LogP contribution in [-0.4, -0.2) is 25.3 Å². The van der Waals surface area contributed by atoms with E-state index in [9.17, 15) is 0 Å². The van der Waals surface area contributed by atoms with Gasteiger partial charge in [0.05, 0.1) is 4.83 Å². The molecule has 1 unspecified atom stereocenters. The molecule has 0 fully saturated rings. The minimum atomic E-state index is -0.109. The minimum Gasteiger partial charge on any atom is -0.355 e. The molecular formula is C9H19BrO2. The molecule has 0 amide bonds. The van der Waals surface area contributed by atoms with E-state index in [1.165, 1.54) is 19.3 Å². The molecule has 0 aliphatic heterocycles. The molecule has 0 aliphatic carbocycles. The average molecular weight is 239 g/mol. The predicted octanol–water partition coefficient (Wildman–Crippen LogP) is 2.95. The van der Waals surface area contributed by atoms with Crippen molar-refractivity contribution in [2.24, 2.45) is 0 Å². The van der Waals surface area contributed by atoms with Crippen molar-refractivity contribution in [3.05, 3.63) is 0 Å². The van der Waals surface area contributed by atoms with Gasteiger partial charge in [-0.3, -0.25) is 0 Å². The summed E-state index contributed by atoms with van der Waals surface area (Å²) in [6, 6.07) is 0. The van der Waals surface area contributed by atoms with Gasteiger partial charge in [0.1, 0.15) is 0 Å². The van der Waals surface area contributed by atoms with E-state index >= 15 is 0 Å². The third kappa shape index (κ3) is 5.12. The number of hydrogen-bond donors (Lipinski definition) is 0. The van der Waals surface area contributed by atoms with E-state index in [1.807, 2.05) is 0 Å². The van der Waals surface area contributed by atoms with Crippen LogP contribution in [0.5, 0.6) is 0 Å². The van der Waals surface area contributed by atoms with Crippen molar-refractivity contribution in [1.82, 2.24) is 0 Å². The van der Waals surface area contributed by atoms with Gasteiger partial charge in [-0.2, -0.15) is 0 Å². The van der Waals surface area contributed by atoms with E-state index in [4.69, 9.17) is 9.47 Å². The van der Waals surface area contributed by atoms with Crippen LogP contribution >= 0.6 is 15.9 Å². The zero-order valence-electron chi connectivity index (χ0n) is 8.18. The van der Waals surface area contributed by atoms with E-state index in [-0.39, 0.29) is 6.29 Å². The SMILES string of the molecule is CCCCCC(Br)C(OC)OC. The molecule has 2 nitrogen and oxygen atoms in total. The lowest BCUT2D eigenvalue weighted by atomic mass is 10.1. The van der Waals surface area contributed by atoms with Crippen LogP contribution in [0.25, 0.3) is 0 Å². The van der Waals surface area contributed by atoms with Gasteiger partial charge in [0.15, 0.2) is 6.29 Å². The largest absolute Gasteiger partial charge is 0.355 e. The third-order valence-electron chi connectivity index (χ3n) is 1.84. The molecule has 0 aromatic carbocycles. The molecule has 12 heavy (non-hydrogen) atoms. The Morgan fingerprint density at radius 3 is 2.17 bits per heavy atom. The van der Waals surface area contributed by atoms with Crippen LogP contribution in [0, 0.1) is 0 Å². The number of hydrogen-bond acceptors (Lipinski definition) is 2. The minimum absolute atomic E-state index is 0.109. The Balaban J connectivity index is 3.47. The van der Waals surface area contributed by atoms with Crippen molar-refractivity contribution < 1.29 is 9.47 Å². The van der Waals surface area contributed by atoms with Gasteiger partial charge < -0.3 is 9.47 Å². The fourth-order valence-electron chi connectivity index (χ4n) is 1.12. The van der Waals surface area contributed by atoms with E-state index in [2.05, 4.69) is 22.9 Å². The van der Waals surface area contributed by atoms with E-state index in [0.717, 1.165) is 6.42 Å². The number of unbranched alkanes of at least 4 members (excludes halogenated alkanes) is 2. The van der Waals surface area contributed by atoms with Crippen molar-refractivity contribution in [3.8, 4) is 0 Å². The van der Waals surface area contributed by atoms with Crippen molar-refractivity contribution in [2.75, 3.05) is 14.2 Å². The molecule has 0 aromatic heterocycles. The van der Waals surface area contributed by atoms with Crippen molar-refractivity contribution in [2.45, 2.75) is 43.7 Å². The predicted molar refractivity (Wildman–Crippen MR) is 54.7 cm³/mol. The lowest BCUT2D eigenvalue weighted by molar-refractivity contribution is -0.101. The number of halogens is 1. The lowest BCUT2D eigenvalue weighted by Crippen LogP contribution is -2.24. The molecule has 0 rings (SSSR count). The second-order valence-electron chi connectivity index (χ2n) is 2.85. The highest BCUT2D eigenvalue weighted by atomic mass is 79.9. The monoisotopic (exact) mass is 238 g/mol. The summed E-state index contributed by atoms with van der Waals surface area (Å²) >= 11 is 3.54. The van der Waals surface area contributed by atoms with Crippen LogP contribution in [0.15, 0.2) is 0 Å². The fourth-order valence-corrected chi connectivity index (χ4v) is 1.87. The van der Waals surface area contributed by atoms with Gasteiger partial charge in [-0.05, 0) is 6.42 Å². The second kappa shape index (κ2) is 8.02. The number of alkyl halides is 1. The highest BCUT2D eigenvalue weighted by molar-refractivity contribution is 9.09. The van der Waals surface area contributed by atoms with Crippen LogP contribution < -0.4 is 0 Å². The van der Waals surface area contributed by atoms with Crippen molar-refractivity contribution >= 4 is 15.9 Å². The molecule has 0 radical (unpaired) electrons. The van der Waals surface area contributed by atoms with Crippen LogP contribution in [-0.2, 0) is 9.47 Å². The Hall–Kier alpha value is 0.400. The number of ether oxygens (including phenoxy) is 2. The Bertz CT molecular complexity index is 94.5. The van der Waals surface area contributed by atoms with Gasteiger partial charge in [0, 0.05) is 14.2 Å².